The molecule has 0 fully saturated rings. The molecule has 0 aliphatic carbocycles. The van der Waals surface area contributed by atoms with Gasteiger partial charge in [-0.25, -0.2) is 4.98 Å². The van der Waals surface area contributed by atoms with Gasteiger partial charge in [-0.2, -0.15) is 13.2 Å². The minimum Gasteiger partial charge on any atom is -0.399 e. The molecule has 0 atom stereocenters. The fraction of sp³-hybridized carbons (Fsp3) is 0.417. The number of halogens is 3. The normalized spacial score (nSPS) is 12.2. The molecule has 0 radical (unpaired) electrons. The summed E-state index contributed by atoms with van der Waals surface area (Å²) in [6.45, 7) is 2.21. The molecule has 1 aromatic carbocycles. The maximum atomic E-state index is 12.2. The van der Waals surface area contributed by atoms with Crippen molar-refractivity contribution in [2.75, 3.05) is 11.5 Å². The fourth-order valence-corrected chi connectivity index (χ4v) is 2.47. The molecule has 0 unspecified atom stereocenters. The van der Waals surface area contributed by atoms with Crippen LogP contribution >= 0.6 is 11.8 Å². The number of aryl methyl sites for hydroxylation is 2. The van der Waals surface area contributed by atoms with Gasteiger partial charge in [0.05, 0.1) is 11.0 Å². The van der Waals surface area contributed by atoms with Crippen LogP contribution in [0.15, 0.2) is 18.2 Å². The van der Waals surface area contributed by atoms with Crippen LogP contribution in [0.1, 0.15) is 12.7 Å². The number of nitrogen functional groups attached to an aromatic ring is 1. The van der Waals surface area contributed by atoms with E-state index in [1.807, 2.05) is 11.5 Å². The van der Waals surface area contributed by atoms with E-state index in [1.165, 1.54) is 0 Å². The lowest BCUT2D eigenvalue weighted by molar-refractivity contribution is -0.0328. The lowest BCUT2D eigenvalue weighted by Crippen LogP contribution is -2.09. The molecule has 1 heterocycles. The first kappa shape index (κ1) is 14.0. The summed E-state index contributed by atoms with van der Waals surface area (Å²) in [6, 6.07) is 5.27. The Kier molecular flexibility index (Phi) is 3.93. The van der Waals surface area contributed by atoms with Crippen LogP contribution in [-0.4, -0.2) is 20.8 Å². The van der Waals surface area contributed by atoms with Crippen molar-refractivity contribution in [1.29, 1.82) is 0 Å². The lowest BCUT2D eigenvalue weighted by Gasteiger charge is -2.09. The fourth-order valence-electron chi connectivity index (χ4n) is 1.97. The van der Waals surface area contributed by atoms with Crippen molar-refractivity contribution < 1.29 is 13.2 Å². The van der Waals surface area contributed by atoms with Crippen LogP contribution in [0, 0.1) is 0 Å². The molecular weight excluding hydrogens is 275 g/mol. The van der Waals surface area contributed by atoms with Gasteiger partial charge in [0.25, 0.3) is 0 Å². The van der Waals surface area contributed by atoms with E-state index in [0.29, 0.717) is 12.1 Å². The van der Waals surface area contributed by atoms with Crippen LogP contribution < -0.4 is 5.73 Å². The van der Waals surface area contributed by atoms with Gasteiger partial charge in [0, 0.05) is 24.4 Å². The van der Waals surface area contributed by atoms with Gasteiger partial charge in [0.15, 0.2) is 0 Å². The minimum absolute atomic E-state index is 0.0106. The van der Waals surface area contributed by atoms with Gasteiger partial charge in [0.2, 0.25) is 0 Å². The summed E-state index contributed by atoms with van der Waals surface area (Å²) < 4.78 is 38.3. The van der Waals surface area contributed by atoms with E-state index in [-0.39, 0.29) is 24.1 Å². The van der Waals surface area contributed by atoms with Crippen molar-refractivity contribution in [1.82, 2.24) is 9.55 Å². The Morgan fingerprint density at radius 2 is 2.11 bits per heavy atom. The van der Waals surface area contributed by atoms with Crippen molar-refractivity contribution in [2.24, 2.45) is 0 Å². The predicted molar refractivity (Wildman–Crippen MR) is 72.0 cm³/mol. The average molecular weight is 289 g/mol. The zero-order valence-corrected chi connectivity index (χ0v) is 11.2. The number of hydrogen-bond donors (Lipinski definition) is 1. The minimum atomic E-state index is -4.19. The van der Waals surface area contributed by atoms with Crippen molar-refractivity contribution in [3.63, 3.8) is 0 Å². The van der Waals surface area contributed by atoms with E-state index in [1.54, 1.807) is 18.2 Å². The number of nitrogens with zero attached hydrogens (tertiary/aromatic N) is 2. The Balaban J connectivity index is 2.25. The highest BCUT2D eigenvalue weighted by atomic mass is 32.2. The highest BCUT2D eigenvalue weighted by Gasteiger charge is 2.27. The zero-order valence-electron chi connectivity index (χ0n) is 10.4. The first-order valence-electron chi connectivity index (χ1n) is 5.86. The molecule has 0 amide bonds. The third-order valence-electron chi connectivity index (χ3n) is 2.75. The van der Waals surface area contributed by atoms with E-state index in [2.05, 4.69) is 4.98 Å². The summed E-state index contributed by atoms with van der Waals surface area (Å²) in [4.78, 5) is 4.40. The molecular formula is C12H14F3N3S. The summed E-state index contributed by atoms with van der Waals surface area (Å²) in [7, 11) is 0. The molecule has 0 bridgehead atoms. The van der Waals surface area contributed by atoms with Gasteiger partial charge in [-0.3, -0.25) is 0 Å². The van der Waals surface area contributed by atoms with Crippen molar-refractivity contribution in [3.8, 4) is 0 Å². The number of rotatable bonds is 4. The largest absolute Gasteiger partial charge is 0.441 e. The highest BCUT2D eigenvalue weighted by Crippen LogP contribution is 2.30. The monoisotopic (exact) mass is 289 g/mol. The van der Waals surface area contributed by atoms with Crippen LogP contribution in [-0.2, 0) is 13.0 Å². The molecule has 2 N–H and O–H groups in total. The number of alkyl halides is 3. The first-order chi connectivity index (χ1) is 8.90. The third kappa shape index (κ3) is 3.34. The number of nitrogens with two attached hydrogens (primary N) is 1. The lowest BCUT2D eigenvalue weighted by atomic mass is 10.3. The van der Waals surface area contributed by atoms with E-state index in [9.17, 15) is 13.2 Å². The summed E-state index contributed by atoms with van der Waals surface area (Å²) in [5, 5.41) is 0. The summed E-state index contributed by atoms with van der Waals surface area (Å²) in [6.07, 6.45) is 0.672. The molecule has 2 rings (SSSR count). The number of imidazole rings is 1. The van der Waals surface area contributed by atoms with E-state index < -0.39 is 5.51 Å². The smallest absolute Gasteiger partial charge is 0.399 e. The maximum absolute atomic E-state index is 12.2. The number of hydrogen-bond acceptors (Lipinski definition) is 3. The van der Waals surface area contributed by atoms with Gasteiger partial charge in [-0.05, 0) is 30.0 Å². The van der Waals surface area contributed by atoms with Gasteiger partial charge in [0.1, 0.15) is 5.82 Å². The van der Waals surface area contributed by atoms with Crippen molar-refractivity contribution >= 4 is 28.5 Å². The topological polar surface area (TPSA) is 43.8 Å². The van der Waals surface area contributed by atoms with Gasteiger partial charge >= 0.3 is 5.51 Å². The number of benzene rings is 1. The molecule has 0 spiro atoms. The second-order valence-corrected chi connectivity index (χ2v) is 5.24. The van der Waals surface area contributed by atoms with Crippen molar-refractivity contribution in [3.05, 3.63) is 24.0 Å². The standard InChI is InChI=1S/C12H14F3N3S/c1-2-11-17-9-7-8(16)3-4-10(9)18(11)5-6-19-12(13,14)15/h3-4,7H,2,5-6,16H2,1H3. The van der Waals surface area contributed by atoms with Crippen LogP contribution in [0.25, 0.3) is 11.0 Å². The molecule has 1 aromatic heterocycles. The van der Waals surface area contributed by atoms with E-state index in [0.717, 1.165) is 16.9 Å². The van der Waals surface area contributed by atoms with E-state index in [4.69, 9.17) is 5.73 Å². The summed E-state index contributed by atoms with van der Waals surface area (Å²) >= 11 is -0.0106. The van der Waals surface area contributed by atoms with Crippen molar-refractivity contribution in [2.45, 2.75) is 25.4 Å². The average Bonchev–Trinajstić information content (AvgIpc) is 2.65. The first-order valence-corrected chi connectivity index (χ1v) is 6.84. The quantitative estimate of drug-likeness (QED) is 0.877. The Morgan fingerprint density at radius 1 is 1.37 bits per heavy atom. The summed E-state index contributed by atoms with van der Waals surface area (Å²) in [5.74, 6) is 0.759. The SMILES string of the molecule is CCc1nc2cc(N)ccc2n1CCSC(F)(F)F. The van der Waals surface area contributed by atoms with Crippen LogP contribution in [0.5, 0.6) is 0 Å². The molecule has 104 valence electrons. The molecule has 0 aliphatic rings. The van der Waals surface area contributed by atoms with Gasteiger partial charge in [-0.1, -0.05) is 6.92 Å². The molecule has 0 saturated carbocycles. The molecule has 2 aromatic rings. The van der Waals surface area contributed by atoms with Gasteiger partial charge < -0.3 is 10.3 Å². The second kappa shape index (κ2) is 5.32. The van der Waals surface area contributed by atoms with Crippen LogP contribution in [0.3, 0.4) is 0 Å². The Bertz CT molecular complexity index is 577. The second-order valence-electron chi connectivity index (χ2n) is 4.08. The molecule has 7 heteroatoms. The van der Waals surface area contributed by atoms with Gasteiger partial charge in [-0.15, -0.1) is 0 Å². The summed E-state index contributed by atoms with van der Waals surface area (Å²) in [5.41, 5.74) is 3.65. The number of aromatic nitrogens is 2. The van der Waals surface area contributed by atoms with E-state index >= 15 is 0 Å². The predicted octanol–water partition coefficient (Wildman–Crippen LogP) is 3.43. The molecule has 19 heavy (non-hydrogen) atoms. The van der Waals surface area contributed by atoms with Crippen LogP contribution in [0.4, 0.5) is 18.9 Å². The highest BCUT2D eigenvalue weighted by molar-refractivity contribution is 8.00. The molecule has 0 aliphatic heterocycles. The number of thioether (sulfide) groups is 1. The number of fused-ring (bicyclic) bond motifs is 1. The Labute approximate surface area is 113 Å². The Morgan fingerprint density at radius 3 is 2.74 bits per heavy atom. The maximum Gasteiger partial charge on any atom is 0.441 e. The number of anilines is 1. The van der Waals surface area contributed by atoms with Crippen LogP contribution in [0.2, 0.25) is 0 Å². The molecule has 0 saturated heterocycles. The Hall–Kier alpha value is -1.37. The zero-order chi connectivity index (χ0) is 14.0. The third-order valence-corrected chi connectivity index (χ3v) is 3.46. The molecule has 3 nitrogen and oxygen atoms in total.